The molecule has 0 unspecified atom stereocenters. The van der Waals surface area contributed by atoms with Crippen molar-refractivity contribution in [1.29, 1.82) is 0 Å². The number of carbonyl (C=O) groups is 3. The molecule has 0 aliphatic carbocycles. The predicted octanol–water partition coefficient (Wildman–Crippen LogP) is 2.19. The first kappa shape index (κ1) is 17.6. The summed E-state index contributed by atoms with van der Waals surface area (Å²) < 4.78 is 10.0. The van der Waals surface area contributed by atoms with Gasteiger partial charge in [0.25, 0.3) is 0 Å². The minimum atomic E-state index is -0.485. The normalized spacial score (nSPS) is 16.0. The third kappa shape index (κ3) is 4.59. The molecule has 0 spiro atoms. The van der Waals surface area contributed by atoms with E-state index in [4.69, 9.17) is 9.47 Å². The highest BCUT2D eigenvalue weighted by Gasteiger charge is 2.27. The van der Waals surface area contributed by atoms with Gasteiger partial charge in [0.05, 0.1) is 30.0 Å². The molecular weight excluding hydrogens is 338 g/mol. The van der Waals surface area contributed by atoms with Crippen LogP contribution in [0.5, 0.6) is 0 Å². The van der Waals surface area contributed by atoms with E-state index in [0.29, 0.717) is 9.91 Å². The van der Waals surface area contributed by atoms with Gasteiger partial charge in [0, 0.05) is 0 Å². The van der Waals surface area contributed by atoms with Crippen molar-refractivity contribution in [3.63, 3.8) is 0 Å². The molecule has 0 radical (unpaired) electrons. The quantitative estimate of drug-likeness (QED) is 0.575. The first-order chi connectivity index (χ1) is 11.0. The Morgan fingerprint density at radius 1 is 1.39 bits per heavy atom. The van der Waals surface area contributed by atoms with Crippen molar-refractivity contribution < 1.29 is 23.9 Å². The van der Waals surface area contributed by atoms with E-state index in [1.54, 1.807) is 6.92 Å². The molecule has 1 fully saturated rings. The maximum Gasteiger partial charge on any atom is 0.348 e. The van der Waals surface area contributed by atoms with Crippen molar-refractivity contribution in [3.8, 4) is 0 Å². The van der Waals surface area contributed by atoms with E-state index >= 15 is 0 Å². The zero-order valence-electron chi connectivity index (χ0n) is 12.9. The number of thioether (sulfide) groups is 1. The first-order valence-corrected chi connectivity index (χ1v) is 8.92. The van der Waals surface area contributed by atoms with Gasteiger partial charge in [-0.15, -0.1) is 11.3 Å². The average molecular weight is 355 g/mol. The van der Waals surface area contributed by atoms with Crippen LogP contribution in [-0.2, 0) is 19.1 Å². The van der Waals surface area contributed by atoms with Gasteiger partial charge in [0.15, 0.2) is 0 Å². The van der Waals surface area contributed by atoms with E-state index in [0.717, 1.165) is 5.56 Å². The highest BCUT2D eigenvalue weighted by molar-refractivity contribution is 8.04. The molecule has 8 heteroatoms. The van der Waals surface area contributed by atoms with Crippen LogP contribution in [0, 0.1) is 6.92 Å². The number of carbonyl (C=O) groups excluding carboxylic acids is 3. The van der Waals surface area contributed by atoms with E-state index < -0.39 is 11.9 Å². The lowest BCUT2D eigenvalue weighted by atomic mass is 10.3. The molecular formula is C15H17NO5S2. The van der Waals surface area contributed by atoms with Crippen molar-refractivity contribution in [2.45, 2.75) is 13.8 Å². The molecule has 124 valence electrons. The molecule has 23 heavy (non-hydrogen) atoms. The topological polar surface area (TPSA) is 72.9 Å². The van der Waals surface area contributed by atoms with Gasteiger partial charge in [-0.1, -0.05) is 11.8 Å². The number of thiophene rings is 1. The van der Waals surface area contributed by atoms with E-state index in [1.807, 2.05) is 18.4 Å². The van der Waals surface area contributed by atoms with Crippen LogP contribution < -0.4 is 0 Å². The molecule has 1 aliphatic heterocycles. The number of rotatable bonds is 6. The number of aryl methyl sites for hydroxylation is 1. The van der Waals surface area contributed by atoms with Gasteiger partial charge in [-0.05, 0) is 30.9 Å². The van der Waals surface area contributed by atoms with Crippen LogP contribution in [0.15, 0.2) is 22.6 Å². The van der Waals surface area contributed by atoms with Crippen molar-refractivity contribution in [1.82, 2.24) is 4.90 Å². The van der Waals surface area contributed by atoms with E-state index in [9.17, 15) is 14.4 Å². The maximum atomic E-state index is 11.9. The maximum absolute atomic E-state index is 11.9. The molecule has 1 aliphatic rings. The van der Waals surface area contributed by atoms with Crippen molar-refractivity contribution in [3.05, 3.63) is 33.0 Å². The molecule has 0 saturated carbocycles. The van der Waals surface area contributed by atoms with Crippen LogP contribution >= 0.6 is 23.1 Å². The highest BCUT2D eigenvalue weighted by Crippen LogP contribution is 2.28. The molecule has 0 bridgehead atoms. The summed E-state index contributed by atoms with van der Waals surface area (Å²) in [6.45, 7) is 4.12. The Bertz CT molecular complexity index is 638. The van der Waals surface area contributed by atoms with Crippen LogP contribution in [-0.4, -0.2) is 48.3 Å². The average Bonchev–Trinajstić information content (AvgIpc) is 3.07. The van der Waals surface area contributed by atoms with E-state index in [2.05, 4.69) is 0 Å². The van der Waals surface area contributed by atoms with Crippen LogP contribution in [0.1, 0.15) is 22.2 Å². The molecule has 2 heterocycles. The second-order valence-corrected chi connectivity index (χ2v) is 6.55. The molecule has 1 amide bonds. The molecule has 1 saturated heterocycles. The lowest BCUT2D eigenvalue weighted by Gasteiger charge is -2.16. The lowest BCUT2D eigenvalue weighted by molar-refractivity contribution is -0.137. The Labute approximate surface area is 142 Å². The SMILES string of the molecule is CCOC(=O)/C=C1\SCC(=O)N1CCOC(=O)c1sccc1C. The van der Waals surface area contributed by atoms with Crippen LogP contribution in [0.25, 0.3) is 0 Å². The standard InChI is InChI=1S/C15H17NO5S2/c1-3-20-13(18)8-12-16(11(17)9-23-12)5-6-21-15(19)14-10(2)4-7-22-14/h4,7-8H,3,5-6,9H2,1-2H3/b12-8-. The number of hydrogen-bond donors (Lipinski definition) is 0. The van der Waals surface area contributed by atoms with Gasteiger partial charge in [-0.25, -0.2) is 9.59 Å². The summed E-state index contributed by atoms with van der Waals surface area (Å²) in [5.41, 5.74) is 0.871. The molecule has 6 nitrogen and oxygen atoms in total. The largest absolute Gasteiger partial charge is 0.463 e. The number of ether oxygens (including phenoxy) is 2. The Balaban J connectivity index is 1.90. The number of esters is 2. The van der Waals surface area contributed by atoms with Gasteiger partial charge in [-0.3, -0.25) is 4.79 Å². The highest BCUT2D eigenvalue weighted by atomic mass is 32.2. The van der Waals surface area contributed by atoms with E-state index in [-0.39, 0.29) is 31.4 Å². The summed E-state index contributed by atoms with van der Waals surface area (Å²) in [6.07, 6.45) is 1.30. The number of nitrogens with zero attached hydrogens (tertiary/aromatic N) is 1. The molecule has 1 aromatic rings. The van der Waals surface area contributed by atoms with Crippen molar-refractivity contribution in [2.75, 3.05) is 25.5 Å². The predicted molar refractivity (Wildman–Crippen MR) is 88.2 cm³/mol. The van der Waals surface area contributed by atoms with Crippen LogP contribution in [0.3, 0.4) is 0 Å². The minimum absolute atomic E-state index is 0.0721. The summed E-state index contributed by atoms with van der Waals surface area (Å²) in [6, 6.07) is 1.85. The molecule has 0 aromatic carbocycles. The first-order valence-electron chi connectivity index (χ1n) is 7.05. The zero-order chi connectivity index (χ0) is 16.8. The van der Waals surface area contributed by atoms with Crippen molar-refractivity contribution in [2.24, 2.45) is 0 Å². The smallest absolute Gasteiger partial charge is 0.348 e. The Morgan fingerprint density at radius 2 is 2.17 bits per heavy atom. The molecule has 0 N–H and O–H groups in total. The van der Waals surface area contributed by atoms with Crippen molar-refractivity contribution >= 4 is 40.9 Å². The van der Waals surface area contributed by atoms with Gasteiger partial charge >= 0.3 is 11.9 Å². The Hall–Kier alpha value is -1.80. The number of amides is 1. The lowest BCUT2D eigenvalue weighted by Crippen LogP contribution is -2.29. The monoisotopic (exact) mass is 355 g/mol. The fourth-order valence-electron chi connectivity index (χ4n) is 1.93. The third-order valence-electron chi connectivity index (χ3n) is 3.03. The fourth-order valence-corrected chi connectivity index (χ4v) is 3.70. The summed E-state index contributed by atoms with van der Waals surface area (Å²) in [5.74, 6) is -0.731. The van der Waals surface area contributed by atoms with Gasteiger partial charge in [-0.2, -0.15) is 0 Å². The van der Waals surface area contributed by atoms with Gasteiger partial charge < -0.3 is 14.4 Å². The van der Waals surface area contributed by atoms with Gasteiger partial charge in [0.2, 0.25) is 5.91 Å². The summed E-state index contributed by atoms with van der Waals surface area (Å²) >= 11 is 2.59. The second kappa shape index (κ2) is 8.16. The minimum Gasteiger partial charge on any atom is -0.463 e. The second-order valence-electron chi connectivity index (χ2n) is 4.64. The summed E-state index contributed by atoms with van der Waals surface area (Å²) in [7, 11) is 0. The van der Waals surface area contributed by atoms with Gasteiger partial charge in [0.1, 0.15) is 11.5 Å². The number of hydrogen-bond acceptors (Lipinski definition) is 7. The fraction of sp³-hybridized carbons (Fsp3) is 0.400. The summed E-state index contributed by atoms with van der Waals surface area (Å²) in [5, 5.41) is 2.35. The van der Waals surface area contributed by atoms with Crippen LogP contribution in [0.4, 0.5) is 0 Å². The van der Waals surface area contributed by atoms with E-state index in [1.165, 1.54) is 34.1 Å². The summed E-state index contributed by atoms with van der Waals surface area (Å²) in [4.78, 5) is 37.3. The zero-order valence-corrected chi connectivity index (χ0v) is 14.5. The Morgan fingerprint density at radius 3 is 2.83 bits per heavy atom. The third-order valence-corrected chi connectivity index (χ3v) is 5.06. The molecule has 2 rings (SSSR count). The molecule has 0 atom stereocenters. The molecule has 1 aromatic heterocycles. The Kier molecular flexibility index (Phi) is 6.23. The van der Waals surface area contributed by atoms with Crippen LogP contribution in [0.2, 0.25) is 0 Å².